The van der Waals surface area contributed by atoms with E-state index in [0.717, 1.165) is 0 Å². The highest BCUT2D eigenvalue weighted by molar-refractivity contribution is 7.14. The van der Waals surface area contributed by atoms with E-state index in [1.54, 1.807) is 24.4 Å². The molecular weight excluding hydrogens is 260 g/mol. The number of thiophene rings is 1. The van der Waals surface area contributed by atoms with Crippen LogP contribution in [-0.4, -0.2) is 11.6 Å². The Morgan fingerprint density at radius 2 is 2.18 bits per heavy atom. The number of carbonyl (C=O) groups excluding carboxylic acids is 2. The molecule has 88 valence electrons. The number of hydrogen-bond donors (Lipinski definition) is 0. The van der Waals surface area contributed by atoms with Gasteiger partial charge in [-0.05, 0) is 19.1 Å². The Morgan fingerprint density at radius 3 is 2.71 bits per heavy atom. The van der Waals surface area contributed by atoms with Gasteiger partial charge in [0.15, 0.2) is 11.6 Å². The molecule has 2 heterocycles. The molecule has 0 aliphatic heterocycles. The van der Waals surface area contributed by atoms with Gasteiger partial charge in [0, 0.05) is 10.9 Å². The Hall–Kier alpha value is -1.39. The van der Waals surface area contributed by atoms with Crippen LogP contribution in [0.2, 0.25) is 4.34 Å². The summed E-state index contributed by atoms with van der Waals surface area (Å²) in [5.41, 5.74) is 0.939. The van der Waals surface area contributed by atoms with Crippen LogP contribution >= 0.6 is 22.9 Å². The molecule has 2 rings (SSSR count). The second kappa shape index (κ2) is 4.85. The standard InChI is InChI=1S/C12H9ClO3S/c1-7-9(2-3-16-7)11(15)5-10(14)8-4-12(13)17-6-8/h2-4,6H,5H2,1H3. The summed E-state index contributed by atoms with van der Waals surface area (Å²) in [7, 11) is 0. The average Bonchev–Trinajstić information content (AvgIpc) is 2.86. The molecule has 0 unspecified atom stereocenters. The van der Waals surface area contributed by atoms with Gasteiger partial charge < -0.3 is 4.42 Å². The second-order valence-electron chi connectivity index (χ2n) is 3.55. The van der Waals surface area contributed by atoms with Gasteiger partial charge in [-0.15, -0.1) is 11.3 Å². The Kier molecular flexibility index (Phi) is 3.45. The molecule has 17 heavy (non-hydrogen) atoms. The number of furan rings is 1. The van der Waals surface area contributed by atoms with Crippen molar-refractivity contribution in [3.05, 3.63) is 45.0 Å². The van der Waals surface area contributed by atoms with Crippen molar-refractivity contribution >= 4 is 34.5 Å². The largest absolute Gasteiger partial charge is 0.469 e. The summed E-state index contributed by atoms with van der Waals surface area (Å²) in [6.45, 7) is 1.69. The van der Waals surface area contributed by atoms with Gasteiger partial charge >= 0.3 is 0 Å². The topological polar surface area (TPSA) is 47.3 Å². The smallest absolute Gasteiger partial charge is 0.174 e. The van der Waals surface area contributed by atoms with Crippen LogP contribution in [0.1, 0.15) is 32.9 Å². The molecule has 0 spiro atoms. The van der Waals surface area contributed by atoms with Crippen molar-refractivity contribution in [2.45, 2.75) is 13.3 Å². The zero-order valence-corrected chi connectivity index (χ0v) is 10.6. The fourth-order valence-corrected chi connectivity index (χ4v) is 2.36. The van der Waals surface area contributed by atoms with Crippen LogP contribution in [0.5, 0.6) is 0 Å². The van der Waals surface area contributed by atoms with Gasteiger partial charge in [0.25, 0.3) is 0 Å². The molecule has 0 atom stereocenters. The van der Waals surface area contributed by atoms with Crippen LogP contribution in [-0.2, 0) is 0 Å². The zero-order valence-electron chi connectivity index (χ0n) is 9.03. The highest BCUT2D eigenvalue weighted by atomic mass is 35.5. The molecule has 0 N–H and O–H groups in total. The van der Waals surface area contributed by atoms with Gasteiger partial charge in [-0.1, -0.05) is 11.6 Å². The fraction of sp³-hybridized carbons (Fsp3) is 0.167. The van der Waals surface area contributed by atoms with E-state index in [2.05, 4.69) is 0 Å². The lowest BCUT2D eigenvalue weighted by molar-refractivity contribution is 0.0894. The molecule has 0 amide bonds. The predicted octanol–water partition coefficient (Wildman–Crippen LogP) is 3.76. The van der Waals surface area contributed by atoms with E-state index >= 15 is 0 Å². The number of hydrogen-bond acceptors (Lipinski definition) is 4. The minimum atomic E-state index is -0.233. The third kappa shape index (κ3) is 2.65. The van der Waals surface area contributed by atoms with E-state index in [1.807, 2.05) is 0 Å². The first kappa shape index (κ1) is 12.1. The van der Waals surface area contributed by atoms with Crippen LogP contribution in [0, 0.1) is 6.92 Å². The Morgan fingerprint density at radius 1 is 1.41 bits per heavy atom. The van der Waals surface area contributed by atoms with Crippen molar-refractivity contribution in [1.29, 1.82) is 0 Å². The second-order valence-corrected chi connectivity index (χ2v) is 5.10. The molecule has 0 bridgehead atoms. The lowest BCUT2D eigenvalue weighted by Gasteiger charge is -1.97. The van der Waals surface area contributed by atoms with Crippen molar-refractivity contribution in [3.8, 4) is 0 Å². The summed E-state index contributed by atoms with van der Waals surface area (Å²) >= 11 is 7.01. The van der Waals surface area contributed by atoms with Gasteiger partial charge in [0.2, 0.25) is 0 Å². The molecule has 0 aliphatic carbocycles. The van der Waals surface area contributed by atoms with Crippen LogP contribution in [0.4, 0.5) is 0 Å². The monoisotopic (exact) mass is 268 g/mol. The Labute approximate surface area is 107 Å². The molecule has 2 aromatic rings. The van der Waals surface area contributed by atoms with Crippen molar-refractivity contribution in [2.24, 2.45) is 0 Å². The van der Waals surface area contributed by atoms with Crippen molar-refractivity contribution in [1.82, 2.24) is 0 Å². The van der Waals surface area contributed by atoms with Crippen molar-refractivity contribution in [3.63, 3.8) is 0 Å². The van der Waals surface area contributed by atoms with Crippen LogP contribution in [0.25, 0.3) is 0 Å². The van der Waals surface area contributed by atoms with E-state index < -0.39 is 0 Å². The van der Waals surface area contributed by atoms with Crippen LogP contribution in [0.3, 0.4) is 0 Å². The van der Waals surface area contributed by atoms with Gasteiger partial charge in [-0.2, -0.15) is 0 Å². The predicted molar refractivity (Wildman–Crippen MR) is 66.1 cm³/mol. The molecule has 5 heteroatoms. The normalized spacial score (nSPS) is 10.5. The number of aryl methyl sites for hydroxylation is 1. The number of halogens is 1. The first-order valence-corrected chi connectivity index (χ1v) is 6.18. The van der Waals surface area contributed by atoms with Gasteiger partial charge in [-0.3, -0.25) is 9.59 Å². The molecule has 0 saturated heterocycles. The zero-order chi connectivity index (χ0) is 12.4. The molecule has 0 fully saturated rings. The summed E-state index contributed by atoms with van der Waals surface area (Å²) < 4.78 is 5.57. The minimum absolute atomic E-state index is 0.159. The number of rotatable bonds is 4. The lowest BCUT2D eigenvalue weighted by atomic mass is 10.0. The molecule has 2 aromatic heterocycles. The molecule has 0 radical (unpaired) electrons. The van der Waals surface area contributed by atoms with E-state index in [9.17, 15) is 9.59 Å². The maximum atomic E-state index is 11.8. The number of ketones is 2. The minimum Gasteiger partial charge on any atom is -0.469 e. The highest BCUT2D eigenvalue weighted by Crippen LogP contribution is 2.22. The summed E-state index contributed by atoms with van der Waals surface area (Å²) in [6, 6.07) is 3.15. The summed E-state index contributed by atoms with van der Waals surface area (Å²) in [6.07, 6.45) is 1.28. The molecule has 3 nitrogen and oxygen atoms in total. The molecule has 0 saturated carbocycles. The fourth-order valence-electron chi connectivity index (χ4n) is 1.47. The van der Waals surface area contributed by atoms with E-state index in [-0.39, 0.29) is 18.0 Å². The first-order valence-electron chi connectivity index (χ1n) is 4.92. The summed E-state index contributed by atoms with van der Waals surface area (Å²) in [5, 5.41) is 1.65. The summed E-state index contributed by atoms with van der Waals surface area (Å²) in [4.78, 5) is 23.6. The van der Waals surface area contributed by atoms with Crippen LogP contribution < -0.4 is 0 Å². The maximum absolute atomic E-state index is 11.8. The summed E-state index contributed by atoms with van der Waals surface area (Å²) in [5.74, 6) is 0.0773. The Bertz CT molecular complexity index is 568. The molecular formula is C12H9ClO3S. The van der Waals surface area contributed by atoms with Gasteiger partial charge in [-0.25, -0.2) is 0 Å². The maximum Gasteiger partial charge on any atom is 0.174 e. The third-order valence-electron chi connectivity index (χ3n) is 2.37. The molecule has 0 aliphatic rings. The SMILES string of the molecule is Cc1occc1C(=O)CC(=O)c1csc(Cl)c1. The van der Waals surface area contributed by atoms with Gasteiger partial charge in [0.05, 0.1) is 22.6 Å². The van der Waals surface area contributed by atoms with E-state index in [4.69, 9.17) is 16.0 Å². The Balaban J connectivity index is 2.10. The van der Waals surface area contributed by atoms with E-state index in [0.29, 0.717) is 21.2 Å². The third-order valence-corrected chi connectivity index (χ3v) is 3.46. The van der Waals surface area contributed by atoms with Crippen LogP contribution in [0.15, 0.2) is 28.2 Å². The van der Waals surface area contributed by atoms with Crippen molar-refractivity contribution < 1.29 is 14.0 Å². The number of Topliss-reactive ketones (excluding diaryl/α,β-unsaturated/α-hetero) is 2. The average molecular weight is 269 g/mol. The van der Waals surface area contributed by atoms with Gasteiger partial charge in [0.1, 0.15) is 5.76 Å². The quantitative estimate of drug-likeness (QED) is 0.627. The van der Waals surface area contributed by atoms with E-state index in [1.165, 1.54) is 17.6 Å². The number of carbonyl (C=O) groups is 2. The van der Waals surface area contributed by atoms with Crippen molar-refractivity contribution in [2.75, 3.05) is 0 Å². The highest BCUT2D eigenvalue weighted by Gasteiger charge is 2.17. The first-order chi connectivity index (χ1) is 8.08. The molecule has 0 aromatic carbocycles. The lowest BCUT2D eigenvalue weighted by Crippen LogP contribution is -2.08.